The number of aryl methyl sites for hydroxylation is 1. The molecule has 2 aliphatic heterocycles. The van der Waals surface area contributed by atoms with E-state index < -0.39 is 0 Å². The highest BCUT2D eigenvalue weighted by molar-refractivity contribution is 8.04. The van der Waals surface area contributed by atoms with E-state index in [1.54, 1.807) is 18.1 Å². The van der Waals surface area contributed by atoms with Gasteiger partial charge in [0.05, 0.1) is 10.3 Å². The summed E-state index contributed by atoms with van der Waals surface area (Å²) < 4.78 is 0. The van der Waals surface area contributed by atoms with Crippen LogP contribution in [0.4, 0.5) is 5.82 Å². The number of anilines is 1. The predicted molar refractivity (Wildman–Crippen MR) is 112 cm³/mol. The highest BCUT2D eigenvalue weighted by Crippen LogP contribution is 2.31. The minimum absolute atomic E-state index is 0. The van der Waals surface area contributed by atoms with E-state index in [9.17, 15) is 4.79 Å². The lowest BCUT2D eigenvalue weighted by Crippen LogP contribution is -2.41. The van der Waals surface area contributed by atoms with Crippen molar-refractivity contribution in [3.8, 4) is 0 Å². The molecule has 146 valence electrons. The Labute approximate surface area is 169 Å². The van der Waals surface area contributed by atoms with E-state index in [4.69, 9.17) is 5.73 Å². The van der Waals surface area contributed by atoms with Crippen LogP contribution >= 0.6 is 24.2 Å². The van der Waals surface area contributed by atoms with E-state index in [1.165, 1.54) is 0 Å². The smallest absolute Gasteiger partial charge is 0.261 e. The van der Waals surface area contributed by atoms with Crippen molar-refractivity contribution in [2.24, 2.45) is 5.73 Å². The molecular formula is C18H25ClN6OS. The maximum atomic E-state index is 13.0. The fourth-order valence-corrected chi connectivity index (χ4v) is 4.57. The zero-order valence-corrected chi connectivity index (χ0v) is 17.0. The lowest BCUT2D eigenvalue weighted by Gasteiger charge is -2.29. The van der Waals surface area contributed by atoms with Gasteiger partial charge in [-0.1, -0.05) is 6.42 Å². The standard InChI is InChI=1S/C18H24N6OS.ClH/c1-12-8-20-16-15(12)17(22-11-21-16)23-6-7-26-14(10-23)18(25)24-5-3-2-4-13(19)9-24;/h8,10-11,13H,2-7,9,19H2,1H3,(H,20,21,22);1H/t13-;/m1./s1. The van der Waals surface area contributed by atoms with Gasteiger partial charge < -0.3 is 20.5 Å². The van der Waals surface area contributed by atoms with Crippen LogP contribution in [-0.2, 0) is 4.79 Å². The molecule has 4 rings (SSSR count). The third-order valence-electron chi connectivity index (χ3n) is 4.99. The molecule has 0 spiro atoms. The van der Waals surface area contributed by atoms with Crippen molar-refractivity contribution in [2.45, 2.75) is 32.2 Å². The molecule has 1 atom stereocenters. The molecule has 1 fully saturated rings. The number of carbonyl (C=O) groups is 1. The van der Waals surface area contributed by atoms with Crippen molar-refractivity contribution in [1.29, 1.82) is 0 Å². The number of fused-ring (bicyclic) bond motifs is 1. The predicted octanol–water partition coefficient (Wildman–Crippen LogP) is 2.42. The minimum atomic E-state index is 0. The highest BCUT2D eigenvalue weighted by Gasteiger charge is 2.26. The van der Waals surface area contributed by atoms with Gasteiger partial charge in [-0.25, -0.2) is 9.97 Å². The Morgan fingerprint density at radius 2 is 2.19 bits per heavy atom. The summed E-state index contributed by atoms with van der Waals surface area (Å²) in [5.74, 6) is 1.80. The Morgan fingerprint density at radius 3 is 3.04 bits per heavy atom. The largest absolute Gasteiger partial charge is 0.346 e. The summed E-state index contributed by atoms with van der Waals surface area (Å²) >= 11 is 1.62. The zero-order chi connectivity index (χ0) is 18.1. The van der Waals surface area contributed by atoms with Crippen LogP contribution in [0.2, 0.25) is 0 Å². The number of aromatic amines is 1. The molecule has 4 heterocycles. The molecule has 0 saturated carbocycles. The Hall–Kier alpha value is -1.77. The second kappa shape index (κ2) is 8.50. The zero-order valence-electron chi connectivity index (χ0n) is 15.4. The van der Waals surface area contributed by atoms with Gasteiger partial charge in [-0.3, -0.25) is 4.79 Å². The second-order valence-electron chi connectivity index (χ2n) is 6.93. The van der Waals surface area contributed by atoms with Crippen molar-refractivity contribution in [1.82, 2.24) is 19.9 Å². The summed E-state index contributed by atoms with van der Waals surface area (Å²) in [6, 6.07) is 0.0794. The summed E-state index contributed by atoms with van der Waals surface area (Å²) in [6.07, 6.45) is 8.56. The van der Waals surface area contributed by atoms with Gasteiger partial charge in [-0.05, 0) is 25.3 Å². The third-order valence-corrected chi connectivity index (χ3v) is 5.97. The van der Waals surface area contributed by atoms with Crippen LogP contribution in [0.3, 0.4) is 0 Å². The molecule has 1 saturated heterocycles. The van der Waals surface area contributed by atoms with Gasteiger partial charge in [0, 0.05) is 43.8 Å². The third kappa shape index (κ3) is 4.07. The molecule has 0 unspecified atom stereocenters. The number of aromatic nitrogens is 3. The van der Waals surface area contributed by atoms with Crippen LogP contribution in [0.1, 0.15) is 24.8 Å². The fraction of sp³-hybridized carbons (Fsp3) is 0.500. The first-order valence-electron chi connectivity index (χ1n) is 9.08. The van der Waals surface area contributed by atoms with Gasteiger partial charge in [0.25, 0.3) is 5.91 Å². The average Bonchev–Trinajstić information content (AvgIpc) is 2.91. The quantitative estimate of drug-likeness (QED) is 0.792. The number of halogens is 1. The Morgan fingerprint density at radius 1 is 1.33 bits per heavy atom. The van der Waals surface area contributed by atoms with Gasteiger partial charge in [-0.15, -0.1) is 24.2 Å². The lowest BCUT2D eigenvalue weighted by atomic mass is 10.2. The van der Waals surface area contributed by atoms with Crippen LogP contribution < -0.4 is 10.6 Å². The van der Waals surface area contributed by atoms with Crippen molar-refractivity contribution >= 4 is 46.9 Å². The first kappa shape index (κ1) is 20.0. The molecule has 0 radical (unpaired) electrons. The normalized spacial score (nSPS) is 20.8. The van der Waals surface area contributed by atoms with Gasteiger partial charge in [0.2, 0.25) is 0 Å². The van der Waals surface area contributed by atoms with E-state index >= 15 is 0 Å². The van der Waals surface area contributed by atoms with E-state index in [0.717, 1.165) is 65.4 Å². The van der Waals surface area contributed by atoms with E-state index in [2.05, 4.69) is 19.9 Å². The molecule has 9 heteroatoms. The molecule has 0 aromatic carbocycles. The number of likely N-dealkylation sites (tertiary alicyclic amines) is 1. The molecule has 2 aromatic rings. The highest BCUT2D eigenvalue weighted by atomic mass is 35.5. The number of thioether (sulfide) groups is 1. The molecule has 2 aliphatic rings. The molecule has 3 N–H and O–H groups in total. The number of nitrogens with two attached hydrogens (primary N) is 1. The molecule has 7 nitrogen and oxygen atoms in total. The van der Waals surface area contributed by atoms with Crippen molar-refractivity contribution in [3.63, 3.8) is 0 Å². The van der Waals surface area contributed by atoms with Gasteiger partial charge in [0.1, 0.15) is 17.8 Å². The first-order valence-corrected chi connectivity index (χ1v) is 10.1. The monoisotopic (exact) mass is 408 g/mol. The number of carbonyl (C=O) groups excluding carboxylic acids is 1. The second-order valence-corrected chi connectivity index (χ2v) is 8.07. The number of amides is 1. The maximum absolute atomic E-state index is 13.0. The Bertz CT molecular complexity index is 853. The van der Waals surface area contributed by atoms with Crippen LogP contribution in [0.15, 0.2) is 23.6 Å². The van der Waals surface area contributed by atoms with Crippen molar-refractivity contribution in [3.05, 3.63) is 29.2 Å². The number of nitrogens with one attached hydrogen (secondary N) is 1. The number of hydrogen-bond acceptors (Lipinski definition) is 6. The minimum Gasteiger partial charge on any atom is -0.346 e. The topological polar surface area (TPSA) is 91.1 Å². The SMILES string of the molecule is Cc1c[nH]c2ncnc(N3C=C(C(=O)N4CCCC[C@@H](N)C4)SCC3)c12.Cl. The number of nitrogens with zero attached hydrogens (tertiary/aromatic N) is 4. The van der Waals surface area contributed by atoms with Crippen molar-refractivity contribution in [2.75, 3.05) is 30.3 Å². The number of hydrogen-bond donors (Lipinski definition) is 2. The van der Waals surface area contributed by atoms with Crippen LogP contribution in [0, 0.1) is 6.92 Å². The van der Waals surface area contributed by atoms with Crippen molar-refractivity contribution < 1.29 is 4.79 Å². The van der Waals surface area contributed by atoms with E-state index in [1.807, 2.05) is 24.2 Å². The summed E-state index contributed by atoms with van der Waals surface area (Å²) in [5, 5.41) is 1.01. The van der Waals surface area contributed by atoms with Gasteiger partial charge in [-0.2, -0.15) is 0 Å². The fourth-order valence-electron chi connectivity index (χ4n) is 3.61. The van der Waals surface area contributed by atoms with E-state index in [0.29, 0.717) is 6.54 Å². The summed E-state index contributed by atoms with van der Waals surface area (Å²) in [5.41, 5.74) is 8.06. The molecule has 1 amide bonds. The first-order chi connectivity index (χ1) is 12.6. The summed E-state index contributed by atoms with van der Waals surface area (Å²) in [7, 11) is 0. The summed E-state index contributed by atoms with van der Waals surface area (Å²) in [6.45, 7) is 4.29. The number of rotatable bonds is 2. The summed E-state index contributed by atoms with van der Waals surface area (Å²) in [4.78, 5) is 29.7. The van der Waals surface area contributed by atoms with Crippen LogP contribution in [-0.4, -0.2) is 57.2 Å². The molecular weight excluding hydrogens is 384 g/mol. The molecule has 27 heavy (non-hydrogen) atoms. The Balaban J connectivity index is 0.00000210. The van der Waals surface area contributed by atoms with Gasteiger partial charge >= 0.3 is 0 Å². The van der Waals surface area contributed by atoms with Gasteiger partial charge in [0.15, 0.2) is 0 Å². The Kier molecular flexibility index (Phi) is 6.29. The molecule has 0 bridgehead atoms. The average molecular weight is 409 g/mol. The van der Waals surface area contributed by atoms with Crippen LogP contribution in [0.25, 0.3) is 11.0 Å². The molecule has 0 aliphatic carbocycles. The maximum Gasteiger partial charge on any atom is 0.261 e. The van der Waals surface area contributed by atoms with Crippen LogP contribution in [0.5, 0.6) is 0 Å². The lowest BCUT2D eigenvalue weighted by molar-refractivity contribution is -0.126. The molecule has 2 aromatic heterocycles. The number of H-pyrrole nitrogens is 1. The van der Waals surface area contributed by atoms with E-state index in [-0.39, 0.29) is 24.4 Å².